The molecule has 0 aromatic carbocycles. The molecular formula is C15H19N3O2S. The van der Waals surface area contributed by atoms with Crippen LogP contribution in [-0.4, -0.2) is 16.0 Å². The maximum absolute atomic E-state index is 12.3. The molecular weight excluding hydrogens is 286 g/mol. The van der Waals surface area contributed by atoms with E-state index in [0.29, 0.717) is 5.69 Å². The van der Waals surface area contributed by atoms with Crippen LogP contribution >= 0.6 is 11.3 Å². The molecule has 1 amide bonds. The predicted molar refractivity (Wildman–Crippen MR) is 80.1 cm³/mol. The van der Waals surface area contributed by atoms with Crippen LogP contribution < -0.4 is 5.32 Å². The van der Waals surface area contributed by atoms with Gasteiger partial charge >= 0.3 is 0 Å². The van der Waals surface area contributed by atoms with Crippen LogP contribution in [0.15, 0.2) is 16.0 Å². The molecule has 6 heteroatoms. The molecule has 0 bridgehead atoms. The van der Waals surface area contributed by atoms with Gasteiger partial charge in [-0.2, -0.15) is 0 Å². The summed E-state index contributed by atoms with van der Waals surface area (Å²) in [6.07, 6.45) is 4.43. The van der Waals surface area contributed by atoms with Crippen molar-refractivity contribution in [2.45, 2.75) is 51.5 Å². The van der Waals surface area contributed by atoms with Gasteiger partial charge in [-0.05, 0) is 26.7 Å². The number of hydrogen-bond donors (Lipinski definition) is 1. The second-order valence-electron chi connectivity index (χ2n) is 5.74. The van der Waals surface area contributed by atoms with Crippen LogP contribution in [0.4, 0.5) is 0 Å². The first-order chi connectivity index (χ1) is 10.1. The number of carbonyl (C=O) groups is 1. The Labute approximate surface area is 127 Å². The van der Waals surface area contributed by atoms with Crippen LogP contribution in [0.3, 0.4) is 0 Å². The van der Waals surface area contributed by atoms with Gasteiger partial charge in [0.05, 0.1) is 17.7 Å². The minimum atomic E-state index is -0.283. The van der Waals surface area contributed by atoms with E-state index < -0.39 is 0 Å². The molecule has 5 nitrogen and oxygen atoms in total. The maximum Gasteiger partial charge on any atom is 0.226 e. The van der Waals surface area contributed by atoms with Gasteiger partial charge in [-0.25, -0.2) is 4.98 Å². The Morgan fingerprint density at radius 1 is 1.43 bits per heavy atom. The van der Waals surface area contributed by atoms with Gasteiger partial charge in [-0.3, -0.25) is 4.79 Å². The Kier molecular flexibility index (Phi) is 3.80. The number of rotatable bonds is 4. The van der Waals surface area contributed by atoms with Crippen LogP contribution in [-0.2, 0) is 16.8 Å². The number of aromatic nitrogens is 2. The molecule has 0 radical (unpaired) electrons. The Bertz CT molecular complexity index is 641. The second-order valence-corrected chi connectivity index (χ2v) is 6.60. The molecule has 2 aromatic rings. The molecule has 0 unspecified atom stereocenters. The molecule has 1 aliphatic rings. The molecule has 0 spiro atoms. The molecule has 3 rings (SSSR count). The lowest BCUT2D eigenvalue weighted by molar-refractivity contribution is -0.122. The largest absolute Gasteiger partial charge is 0.361 e. The van der Waals surface area contributed by atoms with Crippen molar-refractivity contribution in [3.8, 4) is 0 Å². The summed E-state index contributed by atoms with van der Waals surface area (Å²) >= 11 is 1.64. The van der Waals surface area contributed by atoms with E-state index in [0.717, 1.165) is 42.1 Å². The number of hydrogen-bond acceptors (Lipinski definition) is 5. The number of nitrogens with one attached hydrogen (secondary N) is 1. The van der Waals surface area contributed by atoms with Gasteiger partial charge < -0.3 is 9.84 Å². The molecule has 1 aliphatic carbocycles. The summed E-state index contributed by atoms with van der Waals surface area (Å²) in [6, 6.07) is 1.80. The SMILES string of the molecule is Cc1csc(C2(NC(=O)Cc3cc(C)on3)CCCC2)n1. The Morgan fingerprint density at radius 2 is 2.19 bits per heavy atom. The van der Waals surface area contributed by atoms with Crippen molar-refractivity contribution >= 4 is 17.2 Å². The highest BCUT2D eigenvalue weighted by Gasteiger charge is 2.39. The van der Waals surface area contributed by atoms with E-state index >= 15 is 0 Å². The highest BCUT2D eigenvalue weighted by molar-refractivity contribution is 7.09. The average molecular weight is 305 g/mol. The number of carbonyl (C=O) groups excluding carboxylic acids is 1. The number of nitrogens with zero attached hydrogens (tertiary/aromatic N) is 2. The van der Waals surface area contributed by atoms with E-state index in [4.69, 9.17) is 4.52 Å². The highest BCUT2D eigenvalue weighted by atomic mass is 32.1. The van der Waals surface area contributed by atoms with Crippen molar-refractivity contribution in [3.63, 3.8) is 0 Å². The summed E-state index contributed by atoms with van der Waals surface area (Å²) in [5.74, 6) is 0.710. The Balaban J connectivity index is 1.75. The summed E-state index contributed by atoms with van der Waals surface area (Å²) in [6.45, 7) is 3.81. The molecule has 1 saturated carbocycles. The molecule has 2 heterocycles. The fourth-order valence-corrected chi connectivity index (χ4v) is 3.93. The normalized spacial score (nSPS) is 17.0. The molecule has 21 heavy (non-hydrogen) atoms. The monoisotopic (exact) mass is 305 g/mol. The van der Waals surface area contributed by atoms with Crippen LogP contribution in [0.2, 0.25) is 0 Å². The van der Waals surface area contributed by atoms with Crippen LogP contribution in [0.5, 0.6) is 0 Å². The zero-order valence-electron chi connectivity index (χ0n) is 12.3. The first-order valence-corrected chi connectivity index (χ1v) is 8.11. The highest BCUT2D eigenvalue weighted by Crippen LogP contribution is 2.40. The summed E-state index contributed by atoms with van der Waals surface area (Å²) in [7, 11) is 0. The van der Waals surface area contributed by atoms with E-state index in [2.05, 4.69) is 15.5 Å². The van der Waals surface area contributed by atoms with Crippen molar-refractivity contribution in [1.29, 1.82) is 0 Å². The van der Waals surface area contributed by atoms with Crippen molar-refractivity contribution < 1.29 is 9.32 Å². The van der Waals surface area contributed by atoms with Gasteiger partial charge in [0.2, 0.25) is 5.91 Å². The Morgan fingerprint density at radius 3 is 2.76 bits per heavy atom. The number of amides is 1. The zero-order valence-corrected chi connectivity index (χ0v) is 13.1. The first kappa shape index (κ1) is 14.3. The summed E-state index contributed by atoms with van der Waals surface area (Å²) in [5.41, 5.74) is 1.41. The van der Waals surface area contributed by atoms with E-state index in [1.807, 2.05) is 19.2 Å². The Hall–Kier alpha value is -1.69. The van der Waals surface area contributed by atoms with E-state index in [1.54, 1.807) is 17.4 Å². The van der Waals surface area contributed by atoms with Crippen LogP contribution in [0, 0.1) is 13.8 Å². The quantitative estimate of drug-likeness (QED) is 0.943. The van der Waals surface area contributed by atoms with Crippen LogP contribution in [0.1, 0.15) is 47.8 Å². The smallest absolute Gasteiger partial charge is 0.226 e. The second kappa shape index (κ2) is 5.60. The minimum Gasteiger partial charge on any atom is -0.361 e. The lowest BCUT2D eigenvalue weighted by Gasteiger charge is -2.28. The van der Waals surface area contributed by atoms with Gasteiger partial charge in [0.25, 0.3) is 0 Å². The molecule has 1 N–H and O–H groups in total. The number of aryl methyl sites for hydroxylation is 2. The van der Waals surface area contributed by atoms with Gasteiger partial charge in [0.1, 0.15) is 10.8 Å². The molecule has 0 aliphatic heterocycles. The van der Waals surface area contributed by atoms with Crippen molar-refractivity contribution in [2.75, 3.05) is 0 Å². The van der Waals surface area contributed by atoms with Crippen LogP contribution in [0.25, 0.3) is 0 Å². The maximum atomic E-state index is 12.3. The van der Waals surface area contributed by atoms with E-state index in [1.165, 1.54) is 0 Å². The third-order valence-electron chi connectivity index (χ3n) is 3.88. The molecule has 112 valence electrons. The summed E-state index contributed by atoms with van der Waals surface area (Å²) < 4.78 is 5.01. The minimum absolute atomic E-state index is 0.0157. The molecule has 2 aromatic heterocycles. The van der Waals surface area contributed by atoms with Gasteiger partial charge in [-0.15, -0.1) is 11.3 Å². The van der Waals surface area contributed by atoms with Gasteiger partial charge in [0, 0.05) is 17.1 Å². The summed E-state index contributed by atoms with van der Waals surface area (Å²) in [5, 5.41) is 10.2. The van der Waals surface area contributed by atoms with Crippen molar-refractivity contribution in [2.24, 2.45) is 0 Å². The average Bonchev–Trinajstić information content (AvgIpc) is 3.12. The van der Waals surface area contributed by atoms with Crippen molar-refractivity contribution in [3.05, 3.63) is 33.6 Å². The lowest BCUT2D eigenvalue weighted by atomic mass is 9.98. The lowest BCUT2D eigenvalue weighted by Crippen LogP contribution is -2.44. The molecule has 0 atom stereocenters. The standard InChI is InChI=1S/C15H19N3O2S/c1-10-9-21-14(16-10)15(5-3-4-6-15)17-13(19)8-12-7-11(2)20-18-12/h7,9H,3-6,8H2,1-2H3,(H,17,19). The summed E-state index contributed by atoms with van der Waals surface area (Å²) in [4.78, 5) is 16.9. The zero-order chi connectivity index (χ0) is 14.9. The first-order valence-electron chi connectivity index (χ1n) is 7.23. The van der Waals surface area contributed by atoms with E-state index in [-0.39, 0.29) is 17.9 Å². The fourth-order valence-electron chi connectivity index (χ4n) is 2.92. The molecule has 0 saturated heterocycles. The predicted octanol–water partition coefficient (Wildman–Crippen LogP) is 2.88. The molecule has 1 fully saturated rings. The number of thiazole rings is 1. The third-order valence-corrected chi connectivity index (χ3v) is 5.05. The van der Waals surface area contributed by atoms with E-state index in [9.17, 15) is 4.79 Å². The topological polar surface area (TPSA) is 68.0 Å². The fraction of sp³-hybridized carbons (Fsp3) is 0.533. The van der Waals surface area contributed by atoms with Gasteiger partial charge in [0.15, 0.2) is 0 Å². The third kappa shape index (κ3) is 3.00. The van der Waals surface area contributed by atoms with Gasteiger partial charge in [-0.1, -0.05) is 18.0 Å². The van der Waals surface area contributed by atoms with Crippen molar-refractivity contribution in [1.82, 2.24) is 15.5 Å².